The molecular formula is C26H35N9O2. The summed E-state index contributed by atoms with van der Waals surface area (Å²) in [4.78, 5) is 12.2. The number of methoxy groups -OCH3 is 1. The number of fused-ring (bicyclic) bond motifs is 1. The van der Waals surface area contributed by atoms with Gasteiger partial charge in [0, 0.05) is 49.6 Å². The summed E-state index contributed by atoms with van der Waals surface area (Å²) in [5, 5.41) is 7.75. The van der Waals surface area contributed by atoms with Crippen LogP contribution in [0.1, 0.15) is 37.7 Å². The van der Waals surface area contributed by atoms with Crippen LogP contribution in [0.5, 0.6) is 5.75 Å². The average molecular weight is 506 g/mol. The van der Waals surface area contributed by atoms with Gasteiger partial charge in [0.25, 0.3) is 0 Å². The van der Waals surface area contributed by atoms with Crippen molar-refractivity contribution in [1.82, 2.24) is 20.6 Å². The fourth-order valence-electron chi connectivity index (χ4n) is 5.78. The van der Waals surface area contributed by atoms with Gasteiger partial charge in [-0.1, -0.05) is 19.3 Å². The second-order valence-electron chi connectivity index (χ2n) is 10.1. The van der Waals surface area contributed by atoms with Crippen molar-refractivity contribution in [3.63, 3.8) is 0 Å². The second-order valence-corrected chi connectivity index (χ2v) is 10.1. The van der Waals surface area contributed by atoms with Gasteiger partial charge >= 0.3 is 0 Å². The molecule has 0 bridgehead atoms. The van der Waals surface area contributed by atoms with Crippen molar-refractivity contribution >= 4 is 28.9 Å². The lowest BCUT2D eigenvalue weighted by Gasteiger charge is -2.39. The van der Waals surface area contributed by atoms with E-state index in [4.69, 9.17) is 25.2 Å². The third-order valence-electron chi connectivity index (χ3n) is 7.73. The van der Waals surface area contributed by atoms with Crippen LogP contribution in [0.4, 0.5) is 11.4 Å². The number of benzene rings is 1. The van der Waals surface area contributed by atoms with Crippen LogP contribution in [0.3, 0.4) is 0 Å². The van der Waals surface area contributed by atoms with Gasteiger partial charge in [-0.3, -0.25) is 15.5 Å². The Kier molecular flexibility index (Phi) is 6.25. The number of guanidine groups is 1. The molecule has 1 saturated heterocycles. The molecule has 196 valence electrons. The molecule has 37 heavy (non-hydrogen) atoms. The van der Waals surface area contributed by atoms with Crippen molar-refractivity contribution in [1.29, 1.82) is 0 Å². The van der Waals surface area contributed by atoms with E-state index >= 15 is 0 Å². The van der Waals surface area contributed by atoms with Gasteiger partial charge < -0.3 is 25.4 Å². The molecule has 11 heteroatoms. The van der Waals surface area contributed by atoms with E-state index < -0.39 is 5.66 Å². The van der Waals surface area contributed by atoms with E-state index in [0.29, 0.717) is 11.8 Å². The number of ether oxygens (including phenoxy) is 2. The van der Waals surface area contributed by atoms with Crippen molar-refractivity contribution in [2.45, 2.75) is 37.8 Å². The van der Waals surface area contributed by atoms with E-state index in [9.17, 15) is 0 Å². The molecule has 1 unspecified atom stereocenters. The number of rotatable bonds is 5. The molecule has 1 atom stereocenters. The summed E-state index contributed by atoms with van der Waals surface area (Å²) < 4.78 is 13.0. The standard InChI is InChI=1S/C26H35N9O2/c1-34-16-17(15-28-34)23-22-24(33-32-23)30-25(31-26(22,27)18-6-4-3-5-7-18)29-20-9-8-19(14-21(20)36-2)35-10-12-37-13-11-35/h8-9,14-16,18H,3-7,10-13,27H2,1-2H3,(H3,29,30,31,32,33). The summed E-state index contributed by atoms with van der Waals surface area (Å²) in [7, 11) is 3.58. The van der Waals surface area contributed by atoms with Crippen LogP contribution in [-0.2, 0) is 11.8 Å². The molecule has 1 saturated carbocycles. The number of aliphatic imine (C=N–C) groups is 2. The smallest absolute Gasteiger partial charge is 0.226 e. The van der Waals surface area contributed by atoms with Crippen LogP contribution in [0.2, 0.25) is 0 Å². The molecule has 0 amide bonds. The number of hydrogen-bond donors (Lipinski definition) is 4. The van der Waals surface area contributed by atoms with E-state index in [0.717, 1.165) is 85.9 Å². The topological polar surface area (TPSA) is 126 Å². The van der Waals surface area contributed by atoms with E-state index in [1.165, 1.54) is 6.42 Å². The Balaban J connectivity index is 1.36. The zero-order valence-corrected chi connectivity index (χ0v) is 21.5. The number of anilines is 2. The van der Waals surface area contributed by atoms with Crippen molar-refractivity contribution < 1.29 is 9.47 Å². The number of nitrogens with one attached hydrogen (secondary N) is 3. The Morgan fingerprint density at radius 2 is 1.97 bits per heavy atom. The number of hydrogen-bond acceptors (Lipinski definition) is 10. The lowest BCUT2D eigenvalue weighted by Crippen LogP contribution is -2.53. The SMILES string of the molecule is COc1cc(N2CCOCC2)ccc1NC1=NC(N)(C2CCCCC2)C2=C(c3cnn(C)c3)NNC2=N1. The summed E-state index contributed by atoms with van der Waals surface area (Å²) in [5.41, 5.74) is 17.5. The van der Waals surface area contributed by atoms with E-state index in [-0.39, 0.29) is 5.92 Å². The van der Waals surface area contributed by atoms with Gasteiger partial charge in [-0.25, -0.2) is 4.99 Å². The molecular weight excluding hydrogens is 470 g/mol. The molecule has 1 aliphatic carbocycles. The first-order chi connectivity index (χ1) is 18.0. The molecule has 2 fully saturated rings. The molecule has 0 spiro atoms. The number of hydrazine groups is 1. The van der Waals surface area contributed by atoms with Gasteiger partial charge in [0.15, 0.2) is 5.84 Å². The fraction of sp³-hybridized carbons (Fsp3) is 0.500. The van der Waals surface area contributed by atoms with Gasteiger partial charge in [0.05, 0.1) is 43.5 Å². The fourth-order valence-corrected chi connectivity index (χ4v) is 5.78. The van der Waals surface area contributed by atoms with Gasteiger partial charge in [0.1, 0.15) is 11.4 Å². The highest BCUT2D eigenvalue weighted by Crippen LogP contribution is 2.42. The van der Waals surface area contributed by atoms with Crippen molar-refractivity contribution in [3.05, 3.63) is 41.7 Å². The van der Waals surface area contributed by atoms with E-state index in [1.54, 1.807) is 11.8 Å². The lowest BCUT2D eigenvalue weighted by molar-refractivity contribution is 0.122. The molecule has 4 aliphatic rings. The minimum atomic E-state index is -0.928. The molecule has 5 N–H and O–H groups in total. The van der Waals surface area contributed by atoms with Crippen molar-refractivity contribution in [2.24, 2.45) is 28.7 Å². The second kappa shape index (κ2) is 9.71. The predicted octanol–water partition coefficient (Wildman–Crippen LogP) is 2.20. The normalized spacial score (nSPS) is 24.1. The summed E-state index contributed by atoms with van der Waals surface area (Å²) in [6.07, 6.45) is 9.41. The Labute approximate surface area is 216 Å². The van der Waals surface area contributed by atoms with Gasteiger partial charge in [0.2, 0.25) is 5.96 Å². The zero-order valence-electron chi connectivity index (χ0n) is 21.5. The van der Waals surface area contributed by atoms with E-state index in [1.807, 2.05) is 31.6 Å². The Morgan fingerprint density at radius 3 is 2.70 bits per heavy atom. The Morgan fingerprint density at radius 1 is 1.16 bits per heavy atom. The summed E-state index contributed by atoms with van der Waals surface area (Å²) >= 11 is 0. The monoisotopic (exact) mass is 505 g/mol. The molecule has 3 aliphatic heterocycles. The summed E-state index contributed by atoms with van der Waals surface area (Å²) in [5.74, 6) is 2.08. The van der Waals surface area contributed by atoms with Crippen molar-refractivity contribution in [3.8, 4) is 5.75 Å². The summed E-state index contributed by atoms with van der Waals surface area (Å²) in [6, 6.07) is 6.14. The van der Waals surface area contributed by atoms with Crippen LogP contribution < -0.4 is 31.5 Å². The predicted molar refractivity (Wildman–Crippen MR) is 144 cm³/mol. The number of aryl methyl sites for hydroxylation is 1. The third kappa shape index (κ3) is 4.42. The maximum absolute atomic E-state index is 7.27. The minimum absolute atomic E-state index is 0.206. The molecule has 0 radical (unpaired) electrons. The highest BCUT2D eigenvalue weighted by molar-refractivity contribution is 6.17. The largest absolute Gasteiger partial charge is 0.494 e. The molecule has 6 rings (SSSR count). The number of amidine groups is 1. The van der Waals surface area contributed by atoms with Crippen LogP contribution in [0, 0.1) is 5.92 Å². The molecule has 2 aromatic rings. The molecule has 11 nitrogen and oxygen atoms in total. The van der Waals surface area contributed by atoms with Crippen molar-refractivity contribution in [2.75, 3.05) is 43.6 Å². The van der Waals surface area contributed by atoms with Crippen LogP contribution in [0.25, 0.3) is 5.70 Å². The van der Waals surface area contributed by atoms with Gasteiger partial charge in [-0.15, -0.1) is 0 Å². The number of aromatic nitrogens is 2. The zero-order chi connectivity index (χ0) is 25.4. The Hall–Kier alpha value is -3.57. The first-order valence-corrected chi connectivity index (χ1v) is 13.1. The number of nitrogens with two attached hydrogens (primary N) is 1. The van der Waals surface area contributed by atoms with E-state index in [2.05, 4.69) is 32.2 Å². The number of morpholine rings is 1. The summed E-state index contributed by atoms with van der Waals surface area (Å²) in [6.45, 7) is 3.18. The first-order valence-electron chi connectivity index (χ1n) is 13.1. The minimum Gasteiger partial charge on any atom is -0.494 e. The molecule has 1 aromatic carbocycles. The molecule has 1 aromatic heterocycles. The maximum atomic E-state index is 7.27. The number of nitrogens with zero attached hydrogens (tertiary/aromatic N) is 5. The quantitative estimate of drug-likeness (QED) is 0.487. The van der Waals surface area contributed by atoms with Crippen LogP contribution >= 0.6 is 0 Å². The average Bonchev–Trinajstić information content (AvgIpc) is 3.56. The van der Waals surface area contributed by atoms with Gasteiger partial charge in [-0.2, -0.15) is 10.1 Å². The van der Waals surface area contributed by atoms with Crippen LogP contribution in [0.15, 0.2) is 46.2 Å². The highest BCUT2D eigenvalue weighted by Gasteiger charge is 2.47. The lowest BCUT2D eigenvalue weighted by atomic mass is 9.75. The Bertz CT molecular complexity index is 1250. The third-order valence-corrected chi connectivity index (χ3v) is 7.73. The highest BCUT2D eigenvalue weighted by atomic mass is 16.5. The first kappa shape index (κ1) is 23.8. The van der Waals surface area contributed by atoms with Crippen LogP contribution in [-0.4, -0.2) is 60.7 Å². The molecule has 4 heterocycles. The maximum Gasteiger partial charge on any atom is 0.226 e. The van der Waals surface area contributed by atoms with Gasteiger partial charge in [-0.05, 0) is 25.0 Å².